The van der Waals surface area contributed by atoms with E-state index in [0.29, 0.717) is 11.3 Å². The molecule has 0 unspecified atom stereocenters. The fraction of sp³-hybridized carbons (Fsp3) is 0.158. The van der Waals surface area contributed by atoms with E-state index < -0.39 is 17.1 Å². The van der Waals surface area contributed by atoms with Crippen LogP contribution in [0.2, 0.25) is 0 Å². The molecule has 3 aromatic rings. The predicted molar refractivity (Wildman–Crippen MR) is 94.9 cm³/mol. The predicted octanol–water partition coefficient (Wildman–Crippen LogP) is 4.07. The summed E-state index contributed by atoms with van der Waals surface area (Å²) >= 11 is 0. The smallest absolute Gasteiger partial charge is 0.269 e. The van der Waals surface area contributed by atoms with Gasteiger partial charge in [-0.25, -0.2) is 0 Å². The number of rotatable bonds is 3. The topological polar surface area (TPSA) is 95.5 Å². The third kappa shape index (κ3) is 2.63. The summed E-state index contributed by atoms with van der Waals surface area (Å²) in [5.74, 6) is 0.451. The van der Waals surface area contributed by atoms with Gasteiger partial charge in [0.1, 0.15) is 5.75 Å². The third-order valence-electron chi connectivity index (χ3n) is 4.69. The average molecular weight is 350 g/mol. The van der Waals surface area contributed by atoms with Crippen LogP contribution in [0.4, 0.5) is 5.69 Å². The minimum atomic E-state index is -1.02. The first-order valence-electron chi connectivity index (χ1n) is 8.10. The normalized spacial score (nSPS) is 18.8. The van der Waals surface area contributed by atoms with E-state index in [2.05, 4.69) is 0 Å². The number of ether oxygens (including phenoxy) is 1. The Balaban J connectivity index is 1.83. The molecule has 0 radical (unpaired) electrons. The standard InChI is InChI=1S/C19H14N2O5/c22-20(23)14-8-9-18-13(10-14)11-17(21(24)25)19(26-18)16-7-3-5-12-4-1-2-6-15(12)16/h1-10,17,19H,11H2/t17-,19+/m1/s1. The molecule has 4 rings (SSSR count). The van der Waals surface area contributed by atoms with Crippen molar-refractivity contribution in [3.05, 3.63) is 92.0 Å². The molecule has 2 atom stereocenters. The number of benzene rings is 3. The van der Waals surface area contributed by atoms with Gasteiger partial charge in [0.25, 0.3) is 11.7 Å². The van der Waals surface area contributed by atoms with Gasteiger partial charge < -0.3 is 4.74 Å². The van der Waals surface area contributed by atoms with Crippen molar-refractivity contribution in [2.45, 2.75) is 18.6 Å². The zero-order valence-corrected chi connectivity index (χ0v) is 13.6. The van der Waals surface area contributed by atoms with Crippen molar-refractivity contribution in [1.29, 1.82) is 0 Å². The summed E-state index contributed by atoms with van der Waals surface area (Å²) in [5.41, 5.74) is 1.13. The monoisotopic (exact) mass is 350 g/mol. The Morgan fingerprint density at radius 3 is 2.50 bits per heavy atom. The molecular formula is C19H14N2O5. The minimum Gasteiger partial charge on any atom is -0.478 e. The Hall–Kier alpha value is -3.48. The molecule has 0 amide bonds. The largest absolute Gasteiger partial charge is 0.478 e. The summed E-state index contributed by atoms with van der Waals surface area (Å²) in [4.78, 5) is 21.8. The number of fused-ring (bicyclic) bond motifs is 2. The van der Waals surface area contributed by atoms with Gasteiger partial charge in [0.05, 0.1) is 4.92 Å². The second-order valence-corrected chi connectivity index (χ2v) is 6.21. The summed E-state index contributed by atoms with van der Waals surface area (Å²) in [6, 6.07) is 16.5. The van der Waals surface area contributed by atoms with Crippen molar-refractivity contribution in [2.75, 3.05) is 0 Å². The van der Waals surface area contributed by atoms with E-state index >= 15 is 0 Å². The van der Waals surface area contributed by atoms with Crippen LogP contribution in [-0.4, -0.2) is 15.9 Å². The minimum absolute atomic E-state index is 0.0813. The lowest BCUT2D eigenvalue weighted by Crippen LogP contribution is -2.36. The Morgan fingerprint density at radius 2 is 1.73 bits per heavy atom. The third-order valence-corrected chi connectivity index (χ3v) is 4.69. The highest BCUT2D eigenvalue weighted by Crippen LogP contribution is 2.39. The van der Waals surface area contributed by atoms with E-state index in [1.54, 1.807) is 0 Å². The lowest BCUT2D eigenvalue weighted by molar-refractivity contribution is -0.535. The molecule has 1 heterocycles. The van der Waals surface area contributed by atoms with Gasteiger partial charge in [-0.2, -0.15) is 0 Å². The highest BCUT2D eigenvalue weighted by molar-refractivity contribution is 5.86. The summed E-state index contributed by atoms with van der Waals surface area (Å²) in [6.45, 7) is 0. The zero-order valence-electron chi connectivity index (χ0n) is 13.6. The molecule has 130 valence electrons. The average Bonchev–Trinajstić information content (AvgIpc) is 2.66. The molecule has 1 aliphatic heterocycles. The summed E-state index contributed by atoms with van der Waals surface area (Å²) in [5, 5.41) is 24.5. The van der Waals surface area contributed by atoms with Gasteiger partial charge in [-0.3, -0.25) is 20.2 Å². The first-order valence-corrected chi connectivity index (χ1v) is 8.10. The first kappa shape index (κ1) is 16.0. The maximum Gasteiger partial charge on any atom is 0.269 e. The van der Waals surface area contributed by atoms with Crippen molar-refractivity contribution >= 4 is 16.5 Å². The van der Waals surface area contributed by atoms with Crippen molar-refractivity contribution in [1.82, 2.24) is 0 Å². The highest BCUT2D eigenvalue weighted by atomic mass is 16.6. The Kier molecular flexibility index (Phi) is 3.76. The van der Waals surface area contributed by atoms with Gasteiger partial charge in [0.2, 0.25) is 0 Å². The lowest BCUT2D eigenvalue weighted by atomic mass is 9.90. The van der Waals surface area contributed by atoms with E-state index in [9.17, 15) is 20.2 Å². The molecule has 0 bridgehead atoms. The number of non-ortho nitro benzene ring substituents is 1. The van der Waals surface area contributed by atoms with Gasteiger partial charge in [-0.1, -0.05) is 42.5 Å². The van der Waals surface area contributed by atoms with Crippen LogP contribution in [-0.2, 0) is 6.42 Å². The quantitative estimate of drug-likeness (QED) is 0.524. The number of hydrogen-bond donors (Lipinski definition) is 0. The van der Waals surface area contributed by atoms with Crippen LogP contribution < -0.4 is 4.74 Å². The van der Waals surface area contributed by atoms with Crippen LogP contribution in [0.1, 0.15) is 17.2 Å². The Morgan fingerprint density at radius 1 is 0.962 bits per heavy atom. The molecule has 0 spiro atoms. The van der Waals surface area contributed by atoms with Crippen LogP contribution in [0.3, 0.4) is 0 Å². The van der Waals surface area contributed by atoms with Crippen LogP contribution in [0.15, 0.2) is 60.7 Å². The molecule has 1 aliphatic rings. The summed E-state index contributed by atoms with van der Waals surface area (Å²) in [6.07, 6.45) is -0.678. The van der Waals surface area contributed by atoms with Crippen LogP contribution in [0.5, 0.6) is 5.75 Å². The SMILES string of the molecule is O=[N+]([O-])c1ccc2c(c1)C[C@@H]([N+](=O)[O-])[C@H](c1cccc3ccccc13)O2. The molecule has 0 saturated carbocycles. The zero-order chi connectivity index (χ0) is 18.3. The molecule has 3 aromatic carbocycles. The van der Waals surface area contributed by atoms with E-state index in [4.69, 9.17) is 4.74 Å². The van der Waals surface area contributed by atoms with Gasteiger partial charge in [0.15, 0.2) is 6.10 Å². The highest BCUT2D eigenvalue weighted by Gasteiger charge is 2.40. The molecule has 0 N–H and O–H groups in total. The molecule has 26 heavy (non-hydrogen) atoms. The van der Waals surface area contributed by atoms with Crippen LogP contribution >= 0.6 is 0 Å². The van der Waals surface area contributed by atoms with Crippen molar-refractivity contribution in [2.24, 2.45) is 0 Å². The van der Waals surface area contributed by atoms with Gasteiger partial charge in [-0.05, 0) is 16.8 Å². The number of nitro groups is 2. The fourth-order valence-corrected chi connectivity index (χ4v) is 3.46. The van der Waals surface area contributed by atoms with E-state index in [0.717, 1.165) is 16.3 Å². The molecule has 0 aromatic heterocycles. The molecule has 7 heteroatoms. The van der Waals surface area contributed by atoms with Crippen molar-refractivity contribution in [3.8, 4) is 5.75 Å². The van der Waals surface area contributed by atoms with Gasteiger partial charge in [-0.15, -0.1) is 0 Å². The van der Waals surface area contributed by atoms with Crippen molar-refractivity contribution < 1.29 is 14.6 Å². The second kappa shape index (κ2) is 6.11. The van der Waals surface area contributed by atoms with Gasteiger partial charge in [0, 0.05) is 34.6 Å². The number of nitro benzene ring substituents is 1. The first-order chi connectivity index (χ1) is 12.5. The van der Waals surface area contributed by atoms with Crippen LogP contribution in [0, 0.1) is 20.2 Å². The lowest BCUT2D eigenvalue weighted by Gasteiger charge is -2.29. The van der Waals surface area contributed by atoms with Crippen LogP contribution in [0.25, 0.3) is 10.8 Å². The van der Waals surface area contributed by atoms with Crippen molar-refractivity contribution in [3.63, 3.8) is 0 Å². The maximum absolute atomic E-state index is 11.7. The Labute approximate surface area is 148 Å². The number of nitrogens with zero attached hydrogens (tertiary/aromatic N) is 2. The summed E-state index contributed by atoms with van der Waals surface area (Å²) in [7, 11) is 0. The fourth-order valence-electron chi connectivity index (χ4n) is 3.46. The molecular weight excluding hydrogens is 336 g/mol. The Bertz CT molecular complexity index is 1030. The molecule has 0 saturated heterocycles. The number of hydrogen-bond acceptors (Lipinski definition) is 5. The van der Waals surface area contributed by atoms with Gasteiger partial charge >= 0.3 is 0 Å². The van der Waals surface area contributed by atoms with E-state index in [1.807, 2.05) is 42.5 Å². The second-order valence-electron chi connectivity index (χ2n) is 6.21. The molecule has 7 nitrogen and oxygen atoms in total. The summed E-state index contributed by atoms with van der Waals surface area (Å²) < 4.78 is 5.97. The maximum atomic E-state index is 11.7. The van der Waals surface area contributed by atoms with E-state index in [-0.39, 0.29) is 17.0 Å². The van der Waals surface area contributed by atoms with E-state index in [1.165, 1.54) is 18.2 Å². The molecule has 0 fully saturated rings. The molecule has 0 aliphatic carbocycles.